The highest BCUT2D eigenvalue weighted by molar-refractivity contribution is 5.84. The van der Waals surface area contributed by atoms with Gasteiger partial charge in [-0.05, 0) is 34.5 Å². The predicted molar refractivity (Wildman–Crippen MR) is 72.5 cm³/mol. The van der Waals surface area contributed by atoms with Crippen molar-refractivity contribution < 1.29 is 14.3 Å². The first-order chi connectivity index (χ1) is 9.22. The van der Waals surface area contributed by atoms with Crippen LogP contribution in [0, 0.1) is 0 Å². The fourth-order valence-corrected chi connectivity index (χ4v) is 1.79. The van der Waals surface area contributed by atoms with Crippen molar-refractivity contribution in [2.45, 2.75) is 6.61 Å². The fourth-order valence-electron chi connectivity index (χ4n) is 1.79. The largest absolute Gasteiger partial charge is 0.497 e. The number of benzene rings is 2. The molecule has 0 aromatic heterocycles. The van der Waals surface area contributed by atoms with E-state index in [1.807, 2.05) is 41.8 Å². The molecule has 3 N–H and O–H groups in total. The molecule has 0 radical (unpaired) electrons. The van der Waals surface area contributed by atoms with Crippen molar-refractivity contribution in [1.82, 2.24) is 5.43 Å². The number of fused-ring (bicyclic) bond motifs is 1. The second kappa shape index (κ2) is 6.17. The van der Waals surface area contributed by atoms with Crippen molar-refractivity contribution >= 4 is 16.7 Å². The average Bonchev–Trinajstić information content (AvgIpc) is 2.46. The summed E-state index contributed by atoms with van der Waals surface area (Å²) in [5, 5.41) is 2.20. The molecule has 5 heteroatoms. The average molecular weight is 260 g/mol. The minimum absolute atomic E-state index is 0.0445. The van der Waals surface area contributed by atoms with Crippen LogP contribution in [-0.4, -0.2) is 19.6 Å². The van der Waals surface area contributed by atoms with E-state index in [2.05, 4.69) is 0 Å². The number of hydrogen-bond acceptors (Lipinski definition) is 4. The van der Waals surface area contributed by atoms with Crippen LogP contribution in [0.4, 0.5) is 0 Å². The summed E-state index contributed by atoms with van der Waals surface area (Å²) in [6.45, 7) is 0.326. The van der Waals surface area contributed by atoms with Crippen molar-refractivity contribution in [1.29, 1.82) is 0 Å². The third-order valence-corrected chi connectivity index (χ3v) is 2.77. The van der Waals surface area contributed by atoms with Gasteiger partial charge in [-0.2, -0.15) is 0 Å². The molecule has 0 saturated heterocycles. The van der Waals surface area contributed by atoms with Crippen LogP contribution in [0.25, 0.3) is 10.8 Å². The van der Waals surface area contributed by atoms with Gasteiger partial charge < -0.3 is 9.47 Å². The second-order valence-electron chi connectivity index (χ2n) is 4.11. The SMILES string of the molecule is COc1ccc2cc(COCC(=O)NN)ccc2c1. The molecular weight excluding hydrogens is 244 g/mol. The predicted octanol–water partition coefficient (Wildman–Crippen LogP) is 1.35. The number of nitrogens with one attached hydrogen (secondary N) is 1. The lowest BCUT2D eigenvalue weighted by Crippen LogP contribution is -2.33. The highest BCUT2D eigenvalue weighted by Gasteiger charge is 2.01. The normalized spacial score (nSPS) is 10.4. The van der Waals surface area contributed by atoms with Crippen molar-refractivity contribution in [3.63, 3.8) is 0 Å². The van der Waals surface area contributed by atoms with Gasteiger partial charge in [-0.25, -0.2) is 5.84 Å². The van der Waals surface area contributed by atoms with Gasteiger partial charge in [0.25, 0.3) is 5.91 Å². The lowest BCUT2D eigenvalue weighted by Gasteiger charge is -2.06. The third kappa shape index (κ3) is 3.43. The van der Waals surface area contributed by atoms with Gasteiger partial charge in [0, 0.05) is 0 Å². The standard InChI is InChI=1S/C14H16N2O3/c1-18-13-5-4-11-6-10(2-3-12(11)7-13)8-19-9-14(17)16-15/h2-7H,8-9,15H2,1H3,(H,16,17). The number of rotatable bonds is 5. The van der Waals surface area contributed by atoms with Gasteiger partial charge in [0.05, 0.1) is 13.7 Å². The number of carbonyl (C=O) groups excluding carboxylic acids is 1. The summed E-state index contributed by atoms with van der Waals surface area (Å²) in [5.74, 6) is 5.45. The highest BCUT2D eigenvalue weighted by atomic mass is 16.5. The third-order valence-electron chi connectivity index (χ3n) is 2.77. The number of carbonyl (C=O) groups is 1. The fraction of sp³-hybridized carbons (Fsp3) is 0.214. The molecule has 0 atom stereocenters. The number of hydrogen-bond donors (Lipinski definition) is 2. The van der Waals surface area contributed by atoms with Crippen LogP contribution in [0.5, 0.6) is 5.75 Å². The zero-order chi connectivity index (χ0) is 13.7. The van der Waals surface area contributed by atoms with E-state index in [1.54, 1.807) is 7.11 Å². The molecule has 5 nitrogen and oxygen atoms in total. The van der Waals surface area contributed by atoms with Gasteiger partial charge in [-0.15, -0.1) is 0 Å². The van der Waals surface area contributed by atoms with E-state index in [0.717, 1.165) is 22.1 Å². The lowest BCUT2D eigenvalue weighted by atomic mass is 10.1. The Balaban J connectivity index is 2.07. The van der Waals surface area contributed by atoms with Crippen LogP contribution in [0.3, 0.4) is 0 Å². The minimum atomic E-state index is -0.342. The minimum Gasteiger partial charge on any atom is -0.497 e. The first kappa shape index (κ1) is 13.3. The number of nitrogens with two attached hydrogens (primary N) is 1. The lowest BCUT2D eigenvalue weighted by molar-refractivity contribution is -0.126. The molecule has 1 amide bonds. The van der Waals surface area contributed by atoms with Crippen LogP contribution >= 0.6 is 0 Å². The Hall–Kier alpha value is -2.11. The second-order valence-corrected chi connectivity index (χ2v) is 4.11. The van der Waals surface area contributed by atoms with Crippen LogP contribution in [0.1, 0.15) is 5.56 Å². The van der Waals surface area contributed by atoms with Crippen LogP contribution < -0.4 is 16.0 Å². The summed E-state index contributed by atoms with van der Waals surface area (Å²) < 4.78 is 10.4. The summed E-state index contributed by atoms with van der Waals surface area (Å²) in [4.78, 5) is 10.9. The monoisotopic (exact) mass is 260 g/mol. The Morgan fingerprint density at radius 1 is 1.21 bits per heavy atom. The molecule has 0 fully saturated rings. The van der Waals surface area contributed by atoms with E-state index >= 15 is 0 Å². The van der Waals surface area contributed by atoms with Gasteiger partial charge in [0.2, 0.25) is 0 Å². The first-order valence-electron chi connectivity index (χ1n) is 5.87. The number of methoxy groups -OCH3 is 1. The van der Waals surface area contributed by atoms with E-state index in [9.17, 15) is 4.79 Å². The Morgan fingerprint density at radius 3 is 2.68 bits per heavy atom. The molecule has 0 bridgehead atoms. The van der Waals surface area contributed by atoms with Gasteiger partial charge in [-0.1, -0.05) is 18.2 Å². The van der Waals surface area contributed by atoms with Gasteiger partial charge in [0.1, 0.15) is 12.4 Å². The van der Waals surface area contributed by atoms with Crippen molar-refractivity contribution in [3.05, 3.63) is 42.0 Å². The number of hydrazine groups is 1. The zero-order valence-corrected chi connectivity index (χ0v) is 10.7. The molecule has 2 aromatic carbocycles. The molecule has 2 aromatic rings. The maximum atomic E-state index is 10.9. The Bertz CT molecular complexity index is 584. The van der Waals surface area contributed by atoms with E-state index in [1.165, 1.54) is 0 Å². The Labute approximate surface area is 111 Å². The maximum Gasteiger partial charge on any atom is 0.259 e. The van der Waals surface area contributed by atoms with E-state index in [-0.39, 0.29) is 12.5 Å². The topological polar surface area (TPSA) is 73.6 Å². The summed E-state index contributed by atoms with van der Waals surface area (Å²) >= 11 is 0. The van der Waals surface area contributed by atoms with Crippen molar-refractivity contribution in [3.8, 4) is 5.75 Å². The van der Waals surface area contributed by atoms with Crippen LogP contribution in [0.15, 0.2) is 36.4 Å². The molecule has 19 heavy (non-hydrogen) atoms. The molecule has 0 unspecified atom stereocenters. The summed E-state index contributed by atoms with van der Waals surface area (Å²) in [7, 11) is 1.64. The van der Waals surface area contributed by atoms with Crippen molar-refractivity contribution in [2.24, 2.45) is 5.84 Å². The van der Waals surface area contributed by atoms with Crippen molar-refractivity contribution in [2.75, 3.05) is 13.7 Å². The summed E-state index contributed by atoms with van der Waals surface area (Å²) in [5.41, 5.74) is 3.02. The smallest absolute Gasteiger partial charge is 0.259 e. The quantitative estimate of drug-likeness (QED) is 0.483. The molecular formula is C14H16N2O3. The van der Waals surface area contributed by atoms with Crippen LogP contribution in [-0.2, 0) is 16.1 Å². The van der Waals surface area contributed by atoms with E-state index in [0.29, 0.717) is 6.61 Å². The van der Waals surface area contributed by atoms with Gasteiger partial charge in [0.15, 0.2) is 0 Å². The molecule has 0 aliphatic rings. The summed E-state index contributed by atoms with van der Waals surface area (Å²) in [6, 6.07) is 11.9. The molecule has 0 aliphatic heterocycles. The van der Waals surface area contributed by atoms with E-state index in [4.69, 9.17) is 15.3 Å². The molecule has 2 rings (SSSR count). The highest BCUT2D eigenvalue weighted by Crippen LogP contribution is 2.22. The Morgan fingerprint density at radius 2 is 1.95 bits per heavy atom. The number of ether oxygens (including phenoxy) is 2. The molecule has 100 valence electrons. The molecule has 0 spiro atoms. The summed E-state index contributed by atoms with van der Waals surface area (Å²) in [6.07, 6.45) is 0. The van der Waals surface area contributed by atoms with E-state index < -0.39 is 0 Å². The molecule has 0 saturated carbocycles. The first-order valence-corrected chi connectivity index (χ1v) is 5.87. The Kier molecular flexibility index (Phi) is 4.33. The maximum absolute atomic E-state index is 10.9. The van der Waals surface area contributed by atoms with Crippen LogP contribution in [0.2, 0.25) is 0 Å². The number of amides is 1. The van der Waals surface area contributed by atoms with Gasteiger partial charge in [-0.3, -0.25) is 10.2 Å². The van der Waals surface area contributed by atoms with Gasteiger partial charge >= 0.3 is 0 Å². The molecule has 0 heterocycles. The molecule has 0 aliphatic carbocycles. The zero-order valence-electron chi connectivity index (χ0n) is 10.7.